The largest absolute Gasteiger partial charge is 0.324 e. The third-order valence-corrected chi connectivity index (χ3v) is 5.30. The highest BCUT2D eigenvalue weighted by atomic mass is 19.2. The molecule has 32 heavy (non-hydrogen) atoms. The van der Waals surface area contributed by atoms with Crippen molar-refractivity contribution < 1.29 is 18.4 Å². The lowest BCUT2D eigenvalue weighted by atomic mass is 10.0. The van der Waals surface area contributed by atoms with Crippen molar-refractivity contribution >= 4 is 23.2 Å². The van der Waals surface area contributed by atoms with Crippen LogP contribution in [0.4, 0.5) is 20.2 Å². The summed E-state index contributed by atoms with van der Waals surface area (Å²) in [4.78, 5) is 30.7. The highest BCUT2D eigenvalue weighted by Gasteiger charge is 2.34. The summed E-state index contributed by atoms with van der Waals surface area (Å²) < 4.78 is 27.0. The minimum Gasteiger partial charge on any atom is -0.324 e. The van der Waals surface area contributed by atoms with E-state index in [2.05, 4.69) is 10.3 Å². The molecular weight excluding hydrogens is 414 g/mol. The van der Waals surface area contributed by atoms with E-state index in [0.29, 0.717) is 22.5 Å². The van der Waals surface area contributed by atoms with Gasteiger partial charge in [0.2, 0.25) is 5.91 Å². The molecule has 1 saturated carbocycles. The number of rotatable bonds is 7. The summed E-state index contributed by atoms with van der Waals surface area (Å²) in [6.07, 6.45) is 4.78. The number of amides is 2. The second-order valence-corrected chi connectivity index (χ2v) is 7.72. The maximum Gasteiger partial charge on any atom is 0.255 e. The predicted molar refractivity (Wildman–Crippen MR) is 117 cm³/mol. The Bertz CT molecular complexity index is 1120. The van der Waals surface area contributed by atoms with Gasteiger partial charge in [0.25, 0.3) is 5.91 Å². The second-order valence-electron chi connectivity index (χ2n) is 7.72. The molecule has 1 fully saturated rings. The Balaban J connectivity index is 1.42. The summed E-state index contributed by atoms with van der Waals surface area (Å²) in [7, 11) is 0. The molecule has 1 unspecified atom stereocenters. The molecule has 1 aliphatic rings. The minimum absolute atomic E-state index is 0.00193. The minimum atomic E-state index is -0.995. The van der Waals surface area contributed by atoms with Crippen molar-refractivity contribution in [1.29, 1.82) is 0 Å². The predicted octanol–water partition coefficient (Wildman–Crippen LogP) is 4.20. The smallest absolute Gasteiger partial charge is 0.255 e. The molecule has 0 aliphatic heterocycles. The molecule has 4 rings (SSSR count). The van der Waals surface area contributed by atoms with Crippen LogP contribution in [-0.2, 0) is 4.79 Å². The van der Waals surface area contributed by atoms with Crippen molar-refractivity contribution in [2.75, 3.05) is 10.2 Å². The number of pyridine rings is 1. The number of nitrogens with one attached hydrogen (secondary N) is 1. The molecule has 0 saturated heterocycles. The van der Waals surface area contributed by atoms with E-state index in [1.165, 1.54) is 11.0 Å². The number of carbonyl (C=O) groups excluding carboxylic acids is 2. The first-order chi connectivity index (χ1) is 15.4. The molecule has 0 bridgehead atoms. The maximum absolute atomic E-state index is 13.7. The summed E-state index contributed by atoms with van der Waals surface area (Å²) in [6.45, 7) is 0. The average Bonchev–Trinajstić information content (AvgIpc) is 3.62. The average molecular weight is 436 g/mol. The van der Waals surface area contributed by atoms with Crippen LogP contribution >= 0.6 is 0 Å². The summed E-state index contributed by atoms with van der Waals surface area (Å²) in [5.41, 5.74) is 8.35. The van der Waals surface area contributed by atoms with Gasteiger partial charge in [-0.25, -0.2) is 8.78 Å². The molecule has 0 spiro atoms. The normalized spacial score (nSPS) is 14.0. The van der Waals surface area contributed by atoms with Gasteiger partial charge in [0.1, 0.15) is 0 Å². The lowest BCUT2D eigenvalue weighted by Crippen LogP contribution is -2.35. The third-order valence-electron chi connectivity index (χ3n) is 5.30. The van der Waals surface area contributed by atoms with Crippen LogP contribution in [0.1, 0.15) is 41.2 Å². The van der Waals surface area contributed by atoms with Gasteiger partial charge >= 0.3 is 0 Å². The van der Waals surface area contributed by atoms with Crippen molar-refractivity contribution in [3.63, 3.8) is 0 Å². The standard InChI is InChI=1S/C24H22F2N4O2/c25-20-8-7-19(13-21(20)26)30(18-5-6-18)23(31)14-22(27)15-1-3-16(4-2-15)24(32)29-17-9-11-28-12-10-17/h1-4,7-13,18,22H,5-6,14,27H2,(H,28,29,32). The number of benzene rings is 2. The van der Waals surface area contributed by atoms with E-state index in [4.69, 9.17) is 5.73 Å². The summed E-state index contributed by atoms with van der Waals surface area (Å²) in [6, 6.07) is 12.9. The molecule has 1 heterocycles. The number of hydrogen-bond donors (Lipinski definition) is 2. The molecule has 3 aromatic rings. The van der Waals surface area contributed by atoms with E-state index >= 15 is 0 Å². The van der Waals surface area contributed by atoms with Gasteiger partial charge in [-0.05, 0) is 54.8 Å². The number of nitrogens with zero attached hydrogens (tertiary/aromatic N) is 2. The monoisotopic (exact) mass is 436 g/mol. The van der Waals surface area contributed by atoms with Gasteiger partial charge in [-0.2, -0.15) is 0 Å². The Labute approximate surface area is 184 Å². The SMILES string of the molecule is NC(CC(=O)N(c1ccc(F)c(F)c1)C1CC1)c1ccc(C(=O)Nc2ccncc2)cc1. The van der Waals surface area contributed by atoms with Crippen molar-refractivity contribution in [1.82, 2.24) is 4.98 Å². The number of hydrogen-bond acceptors (Lipinski definition) is 4. The van der Waals surface area contributed by atoms with Crippen LogP contribution in [0.15, 0.2) is 67.0 Å². The lowest BCUT2D eigenvalue weighted by molar-refractivity contribution is -0.119. The molecular formula is C24H22F2N4O2. The molecule has 1 atom stereocenters. The van der Waals surface area contributed by atoms with E-state index in [1.54, 1.807) is 48.8 Å². The van der Waals surface area contributed by atoms with E-state index in [-0.39, 0.29) is 24.3 Å². The number of carbonyl (C=O) groups is 2. The van der Waals surface area contributed by atoms with Crippen molar-refractivity contribution in [2.45, 2.75) is 31.3 Å². The zero-order valence-corrected chi connectivity index (χ0v) is 17.2. The van der Waals surface area contributed by atoms with Gasteiger partial charge in [-0.3, -0.25) is 14.6 Å². The fourth-order valence-electron chi connectivity index (χ4n) is 3.45. The highest BCUT2D eigenvalue weighted by molar-refractivity contribution is 6.04. The van der Waals surface area contributed by atoms with E-state index < -0.39 is 17.7 Å². The topological polar surface area (TPSA) is 88.3 Å². The van der Waals surface area contributed by atoms with Crippen LogP contribution in [0, 0.1) is 11.6 Å². The zero-order valence-electron chi connectivity index (χ0n) is 17.2. The molecule has 2 amide bonds. The molecule has 164 valence electrons. The van der Waals surface area contributed by atoms with Crippen LogP contribution in [-0.4, -0.2) is 22.8 Å². The van der Waals surface area contributed by atoms with Gasteiger partial charge in [-0.15, -0.1) is 0 Å². The summed E-state index contributed by atoms with van der Waals surface area (Å²) >= 11 is 0. The Kier molecular flexibility index (Phi) is 6.23. The first-order valence-corrected chi connectivity index (χ1v) is 10.3. The first kappa shape index (κ1) is 21.6. The summed E-state index contributed by atoms with van der Waals surface area (Å²) in [5.74, 6) is -2.48. The van der Waals surface area contributed by atoms with Crippen molar-refractivity contribution in [3.8, 4) is 0 Å². The fraction of sp³-hybridized carbons (Fsp3) is 0.208. The highest BCUT2D eigenvalue weighted by Crippen LogP contribution is 2.34. The number of aromatic nitrogens is 1. The molecule has 2 aromatic carbocycles. The summed E-state index contributed by atoms with van der Waals surface area (Å²) in [5, 5.41) is 2.77. The fourth-order valence-corrected chi connectivity index (χ4v) is 3.45. The Morgan fingerprint density at radius 1 is 1.03 bits per heavy atom. The Hall–Kier alpha value is -3.65. The third kappa shape index (κ3) is 4.97. The van der Waals surface area contributed by atoms with Gasteiger partial charge in [0.05, 0.1) is 0 Å². The quantitative estimate of drug-likeness (QED) is 0.581. The molecule has 0 radical (unpaired) electrons. The Morgan fingerprint density at radius 2 is 1.72 bits per heavy atom. The molecule has 1 aliphatic carbocycles. The number of halogens is 2. The van der Waals surface area contributed by atoms with Crippen molar-refractivity contribution in [3.05, 3.63) is 89.8 Å². The van der Waals surface area contributed by atoms with Gasteiger partial charge in [-0.1, -0.05) is 12.1 Å². The molecule has 3 N–H and O–H groups in total. The van der Waals surface area contributed by atoms with Gasteiger partial charge in [0.15, 0.2) is 11.6 Å². The van der Waals surface area contributed by atoms with Crippen LogP contribution in [0.5, 0.6) is 0 Å². The van der Waals surface area contributed by atoms with Crippen LogP contribution in [0.2, 0.25) is 0 Å². The van der Waals surface area contributed by atoms with E-state index in [1.807, 2.05) is 0 Å². The molecule has 6 nitrogen and oxygen atoms in total. The van der Waals surface area contributed by atoms with E-state index in [0.717, 1.165) is 25.0 Å². The lowest BCUT2D eigenvalue weighted by Gasteiger charge is -2.24. The maximum atomic E-state index is 13.7. The van der Waals surface area contributed by atoms with Gasteiger partial charge < -0.3 is 16.0 Å². The second kappa shape index (κ2) is 9.23. The van der Waals surface area contributed by atoms with E-state index in [9.17, 15) is 18.4 Å². The number of nitrogens with two attached hydrogens (primary N) is 1. The van der Waals surface area contributed by atoms with Crippen LogP contribution in [0.25, 0.3) is 0 Å². The molecule has 1 aromatic heterocycles. The first-order valence-electron chi connectivity index (χ1n) is 10.3. The Morgan fingerprint density at radius 3 is 2.34 bits per heavy atom. The van der Waals surface area contributed by atoms with Gasteiger partial charge in [0, 0.05) is 53.9 Å². The van der Waals surface area contributed by atoms with Crippen LogP contribution < -0.4 is 16.0 Å². The number of anilines is 2. The zero-order chi connectivity index (χ0) is 22.7. The van der Waals surface area contributed by atoms with Crippen molar-refractivity contribution in [2.24, 2.45) is 5.73 Å². The van der Waals surface area contributed by atoms with Crippen LogP contribution in [0.3, 0.4) is 0 Å². The molecule has 8 heteroatoms.